The number of benzene rings is 2. The van der Waals surface area contributed by atoms with Crippen molar-refractivity contribution in [2.75, 3.05) is 14.1 Å². The summed E-state index contributed by atoms with van der Waals surface area (Å²) in [6.07, 6.45) is 0. The molecule has 0 aliphatic heterocycles. The van der Waals surface area contributed by atoms with Crippen LogP contribution in [0.25, 0.3) is 0 Å². The van der Waals surface area contributed by atoms with Crippen LogP contribution in [0.4, 0.5) is 0 Å². The lowest BCUT2D eigenvalue weighted by molar-refractivity contribution is 0.0735. The molecule has 0 amide bonds. The largest absolute Gasteiger partial charge is 0.421 e. The SMILES string of the molecule is CN(C)S(=O)(=O)c1ccc(Cl)c(C(=O)Oc2cccc(Cl)c2Cl)c1. The molecule has 0 fully saturated rings. The van der Waals surface area contributed by atoms with Crippen molar-refractivity contribution < 1.29 is 17.9 Å². The fourth-order valence-electron chi connectivity index (χ4n) is 1.75. The van der Waals surface area contributed by atoms with Gasteiger partial charge in [0.2, 0.25) is 10.0 Å². The number of nitrogens with zero attached hydrogens (tertiary/aromatic N) is 1. The molecule has 0 aliphatic carbocycles. The first kappa shape index (κ1) is 19.0. The van der Waals surface area contributed by atoms with E-state index in [4.69, 9.17) is 39.5 Å². The van der Waals surface area contributed by atoms with Gasteiger partial charge in [-0.05, 0) is 30.3 Å². The normalized spacial score (nSPS) is 11.6. The molecule has 128 valence electrons. The van der Waals surface area contributed by atoms with Gasteiger partial charge in [-0.3, -0.25) is 0 Å². The van der Waals surface area contributed by atoms with Crippen LogP contribution in [-0.2, 0) is 10.0 Å². The third kappa shape index (κ3) is 3.84. The summed E-state index contributed by atoms with van der Waals surface area (Å²) in [6.45, 7) is 0. The van der Waals surface area contributed by atoms with Crippen LogP contribution in [-0.4, -0.2) is 32.8 Å². The molecule has 0 heterocycles. The minimum absolute atomic E-state index is 0.0473. The van der Waals surface area contributed by atoms with Gasteiger partial charge in [-0.25, -0.2) is 17.5 Å². The molecule has 5 nitrogen and oxygen atoms in total. The van der Waals surface area contributed by atoms with Crippen LogP contribution in [0.2, 0.25) is 15.1 Å². The summed E-state index contributed by atoms with van der Waals surface area (Å²) in [5.41, 5.74) is -0.101. The molecule has 0 aliphatic rings. The number of carbonyl (C=O) groups is 1. The van der Waals surface area contributed by atoms with Gasteiger partial charge in [0.1, 0.15) is 5.02 Å². The highest BCUT2D eigenvalue weighted by Crippen LogP contribution is 2.32. The van der Waals surface area contributed by atoms with E-state index in [1.54, 1.807) is 12.1 Å². The Kier molecular flexibility index (Phi) is 5.78. The molecule has 0 saturated heterocycles. The van der Waals surface area contributed by atoms with Crippen molar-refractivity contribution in [3.05, 3.63) is 57.0 Å². The maximum Gasteiger partial charge on any atom is 0.345 e. The third-order valence-corrected chi connectivity index (χ3v) is 6.00. The van der Waals surface area contributed by atoms with Crippen LogP contribution in [0.1, 0.15) is 10.4 Å². The number of carbonyl (C=O) groups excluding carboxylic acids is 1. The van der Waals surface area contributed by atoms with Crippen molar-refractivity contribution >= 4 is 50.8 Å². The van der Waals surface area contributed by atoms with Crippen molar-refractivity contribution in [3.63, 3.8) is 0 Å². The number of esters is 1. The van der Waals surface area contributed by atoms with Crippen LogP contribution in [0.3, 0.4) is 0 Å². The molecule has 2 aromatic rings. The molecule has 0 spiro atoms. The number of rotatable bonds is 4. The van der Waals surface area contributed by atoms with Crippen LogP contribution < -0.4 is 4.74 Å². The lowest BCUT2D eigenvalue weighted by Gasteiger charge is -2.13. The zero-order chi connectivity index (χ0) is 18.1. The molecule has 0 N–H and O–H groups in total. The van der Waals surface area contributed by atoms with Crippen LogP contribution >= 0.6 is 34.8 Å². The van der Waals surface area contributed by atoms with E-state index in [0.717, 1.165) is 10.4 Å². The van der Waals surface area contributed by atoms with Gasteiger partial charge in [0.05, 0.1) is 20.5 Å². The van der Waals surface area contributed by atoms with E-state index in [9.17, 15) is 13.2 Å². The molecule has 2 aromatic carbocycles. The predicted octanol–water partition coefficient (Wildman–Crippen LogP) is 4.12. The Balaban J connectivity index is 2.41. The van der Waals surface area contributed by atoms with E-state index in [0.29, 0.717) is 0 Å². The van der Waals surface area contributed by atoms with E-state index >= 15 is 0 Å². The predicted molar refractivity (Wildman–Crippen MR) is 93.7 cm³/mol. The summed E-state index contributed by atoms with van der Waals surface area (Å²) in [7, 11) is -0.952. The van der Waals surface area contributed by atoms with E-state index in [-0.39, 0.29) is 31.3 Å². The van der Waals surface area contributed by atoms with Crippen molar-refractivity contribution in [2.45, 2.75) is 4.90 Å². The van der Waals surface area contributed by atoms with Gasteiger partial charge < -0.3 is 4.74 Å². The molecule has 24 heavy (non-hydrogen) atoms. The summed E-state index contributed by atoms with van der Waals surface area (Å²) in [5.74, 6) is -0.800. The number of hydrogen-bond acceptors (Lipinski definition) is 4. The van der Waals surface area contributed by atoms with Gasteiger partial charge in [-0.15, -0.1) is 0 Å². The minimum atomic E-state index is -3.72. The molecule has 0 bridgehead atoms. The summed E-state index contributed by atoms with van der Waals surface area (Å²) < 4.78 is 30.5. The fourth-order valence-corrected chi connectivity index (χ4v) is 3.20. The van der Waals surface area contributed by atoms with Gasteiger partial charge in [0.15, 0.2) is 5.75 Å². The minimum Gasteiger partial charge on any atom is -0.421 e. The lowest BCUT2D eigenvalue weighted by atomic mass is 10.2. The van der Waals surface area contributed by atoms with Gasteiger partial charge in [0.25, 0.3) is 0 Å². The van der Waals surface area contributed by atoms with Gasteiger partial charge in [-0.1, -0.05) is 40.9 Å². The summed E-state index contributed by atoms with van der Waals surface area (Å²) in [4.78, 5) is 12.2. The first-order valence-corrected chi connectivity index (χ1v) is 9.10. The van der Waals surface area contributed by atoms with Gasteiger partial charge in [0, 0.05) is 14.1 Å². The van der Waals surface area contributed by atoms with Crippen LogP contribution in [0.5, 0.6) is 5.75 Å². The van der Waals surface area contributed by atoms with E-state index in [1.165, 1.54) is 32.3 Å². The number of hydrogen-bond donors (Lipinski definition) is 0. The zero-order valence-corrected chi connectivity index (χ0v) is 15.7. The van der Waals surface area contributed by atoms with Crippen molar-refractivity contribution in [2.24, 2.45) is 0 Å². The monoisotopic (exact) mass is 407 g/mol. The Hall–Kier alpha value is -1.31. The highest BCUT2D eigenvalue weighted by Gasteiger charge is 2.22. The zero-order valence-electron chi connectivity index (χ0n) is 12.6. The van der Waals surface area contributed by atoms with E-state index in [2.05, 4.69) is 0 Å². The van der Waals surface area contributed by atoms with Crippen molar-refractivity contribution in [1.29, 1.82) is 0 Å². The summed E-state index contributed by atoms with van der Waals surface area (Å²) >= 11 is 17.8. The Labute approximate surface area is 154 Å². The van der Waals surface area contributed by atoms with Gasteiger partial charge in [-0.2, -0.15) is 0 Å². The molecule has 0 aromatic heterocycles. The maximum atomic E-state index is 12.3. The second-order valence-electron chi connectivity index (χ2n) is 4.87. The Morgan fingerprint density at radius 3 is 2.33 bits per heavy atom. The lowest BCUT2D eigenvalue weighted by Crippen LogP contribution is -2.22. The fraction of sp³-hybridized carbons (Fsp3) is 0.133. The average molecular weight is 409 g/mol. The first-order valence-electron chi connectivity index (χ1n) is 6.53. The first-order chi connectivity index (χ1) is 11.1. The molecule has 0 radical (unpaired) electrons. The molecule has 2 rings (SSSR count). The second-order valence-corrected chi connectivity index (χ2v) is 8.21. The Morgan fingerprint density at radius 2 is 1.71 bits per heavy atom. The quantitative estimate of drug-likeness (QED) is 0.564. The average Bonchev–Trinajstić information content (AvgIpc) is 2.51. The summed E-state index contributed by atoms with van der Waals surface area (Å²) in [5, 5.41) is 0.341. The number of sulfonamides is 1. The van der Waals surface area contributed by atoms with Crippen LogP contribution in [0, 0.1) is 0 Å². The van der Waals surface area contributed by atoms with Crippen LogP contribution in [0.15, 0.2) is 41.3 Å². The third-order valence-electron chi connectivity index (χ3n) is 3.06. The van der Waals surface area contributed by atoms with E-state index in [1.807, 2.05) is 0 Å². The van der Waals surface area contributed by atoms with Crippen molar-refractivity contribution in [1.82, 2.24) is 4.31 Å². The molecule has 0 saturated carbocycles. The highest BCUT2D eigenvalue weighted by atomic mass is 35.5. The smallest absolute Gasteiger partial charge is 0.345 e. The van der Waals surface area contributed by atoms with Crippen molar-refractivity contribution in [3.8, 4) is 5.75 Å². The Bertz CT molecular complexity index is 898. The Morgan fingerprint density at radius 1 is 1.04 bits per heavy atom. The molecule has 9 heteroatoms. The van der Waals surface area contributed by atoms with E-state index < -0.39 is 16.0 Å². The highest BCUT2D eigenvalue weighted by molar-refractivity contribution is 7.89. The standard InChI is InChI=1S/C15H12Cl3NO4S/c1-19(2)24(21,22)9-6-7-11(16)10(8-9)15(20)23-13-5-3-4-12(17)14(13)18/h3-8H,1-2H3. The summed E-state index contributed by atoms with van der Waals surface area (Å²) in [6, 6.07) is 8.33. The molecule has 0 unspecified atom stereocenters. The molecule has 0 atom stereocenters. The molecular formula is C15H12Cl3NO4S. The number of halogens is 3. The van der Waals surface area contributed by atoms with Gasteiger partial charge >= 0.3 is 5.97 Å². The maximum absolute atomic E-state index is 12.3. The second kappa shape index (κ2) is 7.29. The number of ether oxygens (including phenoxy) is 1. The topological polar surface area (TPSA) is 63.7 Å². The molecular weight excluding hydrogens is 397 g/mol.